The minimum atomic E-state index is -1.21. The second-order valence-electron chi connectivity index (χ2n) is 4.73. The largest absolute Gasteiger partial charge is 0.384 e. The van der Waals surface area contributed by atoms with Crippen molar-refractivity contribution in [1.82, 2.24) is 0 Å². The van der Waals surface area contributed by atoms with Gasteiger partial charge in [-0.15, -0.1) is 0 Å². The van der Waals surface area contributed by atoms with Gasteiger partial charge in [0.25, 0.3) is 0 Å². The smallest absolute Gasteiger partial charge is 0.147 e. The van der Waals surface area contributed by atoms with Gasteiger partial charge in [-0.3, -0.25) is 0 Å². The molecule has 0 aliphatic rings. The van der Waals surface area contributed by atoms with Crippen molar-refractivity contribution in [3.05, 3.63) is 82.4 Å². The number of hydrogen-bond donors (Lipinski definition) is 1. The van der Waals surface area contributed by atoms with E-state index < -0.39 is 11.9 Å². The summed E-state index contributed by atoms with van der Waals surface area (Å²) in [5.41, 5.74) is 0.507. The Bertz CT molecular complexity index is 817. The van der Waals surface area contributed by atoms with Crippen molar-refractivity contribution in [1.29, 1.82) is 0 Å². The normalized spacial score (nSPS) is 12.6. The molecule has 106 valence electrons. The molecule has 1 unspecified atom stereocenters. The standard InChI is InChI=1S/C17H11ClF2O/c18-14-7-3-6-13(16(14)20)17(21)12-8-9-15(19)11-5-2-1-4-10(11)12/h1-9,17,21H. The molecule has 0 aromatic heterocycles. The summed E-state index contributed by atoms with van der Waals surface area (Å²) >= 11 is 5.74. The van der Waals surface area contributed by atoms with Gasteiger partial charge in [0.05, 0.1) is 5.02 Å². The van der Waals surface area contributed by atoms with Crippen molar-refractivity contribution in [3.63, 3.8) is 0 Å². The van der Waals surface area contributed by atoms with E-state index in [0.717, 1.165) is 0 Å². The predicted molar refractivity (Wildman–Crippen MR) is 79.4 cm³/mol. The van der Waals surface area contributed by atoms with Crippen LogP contribution in [0.3, 0.4) is 0 Å². The van der Waals surface area contributed by atoms with Crippen LogP contribution >= 0.6 is 11.6 Å². The molecule has 0 heterocycles. The summed E-state index contributed by atoms with van der Waals surface area (Å²) in [5.74, 6) is -1.05. The summed E-state index contributed by atoms with van der Waals surface area (Å²) in [7, 11) is 0. The van der Waals surface area contributed by atoms with Gasteiger partial charge in [0, 0.05) is 10.9 Å². The van der Waals surface area contributed by atoms with Gasteiger partial charge in [-0.25, -0.2) is 8.78 Å². The molecule has 0 saturated heterocycles. The molecule has 0 aliphatic carbocycles. The van der Waals surface area contributed by atoms with Crippen molar-refractivity contribution >= 4 is 22.4 Å². The second-order valence-corrected chi connectivity index (χ2v) is 5.13. The highest BCUT2D eigenvalue weighted by Crippen LogP contribution is 2.33. The lowest BCUT2D eigenvalue weighted by atomic mass is 9.95. The topological polar surface area (TPSA) is 20.2 Å². The van der Waals surface area contributed by atoms with Crippen LogP contribution in [0.15, 0.2) is 54.6 Å². The van der Waals surface area contributed by atoms with E-state index in [9.17, 15) is 13.9 Å². The summed E-state index contributed by atoms with van der Waals surface area (Å²) in [6.07, 6.45) is -1.21. The maximum atomic E-state index is 14.1. The average Bonchev–Trinajstić information content (AvgIpc) is 2.50. The third kappa shape index (κ3) is 2.39. The number of hydrogen-bond acceptors (Lipinski definition) is 1. The summed E-state index contributed by atoms with van der Waals surface area (Å²) in [6, 6.07) is 13.9. The Labute approximate surface area is 125 Å². The van der Waals surface area contributed by atoms with Crippen LogP contribution in [0.2, 0.25) is 5.02 Å². The Morgan fingerprint density at radius 1 is 0.810 bits per heavy atom. The van der Waals surface area contributed by atoms with E-state index in [4.69, 9.17) is 11.6 Å². The molecule has 0 amide bonds. The molecule has 0 radical (unpaired) electrons. The van der Waals surface area contributed by atoms with Crippen LogP contribution in [-0.2, 0) is 0 Å². The van der Waals surface area contributed by atoms with Crippen molar-refractivity contribution in [3.8, 4) is 0 Å². The van der Waals surface area contributed by atoms with Crippen molar-refractivity contribution in [2.45, 2.75) is 6.10 Å². The quantitative estimate of drug-likeness (QED) is 0.717. The van der Waals surface area contributed by atoms with Crippen LogP contribution in [0.4, 0.5) is 8.78 Å². The lowest BCUT2D eigenvalue weighted by Crippen LogP contribution is -2.04. The predicted octanol–water partition coefficient (Wildman–Crippen LogP) is 4.85. The van der Waals surface area contributed by atoms with Crippen LogP contribution in [0, 0.1) is 11.6 Å². The fraction of sp³-hybridized carbons (Fsp3) is 0.0588. The fourth-order valence-corrected chi connectivity index (χ4v) is 2.61. The Balaban J connectivity index is 2.21. The molecule has 4 heteroatoms. The van der Waals surface area contributed by atoms with Gasteiger partial charge in [0.1, 0.15) is 17.7 Å². The van der Waals surface area contributed by atoms with E-state index in [1.165, 1.54) is 24.3 Å². The number of benzene rings is 3. The molecule has 0 spiro atoms. The van der Waals surface area contributed by atoms with Gasteiger partial charge in [-0.05, 0) is 23.1 Å². The van der Waals surface area contributed by atoms with Crippen LogP contribution in [0.1, 0.15) is 17.2 Å². The maximum Gasteiger partial charge on any atom is 0.147 e. The van der Waals surface area contributed by atoms with E-state index in [1.54, 1.807) is 30.3 Å². The van der Waals surface area contributed by atoms with E-state index in [2.05, 4.69) is 0 Å². The molecule has 3 aromatic carbocycles. The van der Waals surface area contributed by atoms with Crippen LogP contribution < -0.4 is 0 Å². The second kappa shape index (κ2) is 5.43. The molecule has 21 heavy (non-hydrogen) atoms. The SMILES string of the molecule is OC(c1cccc(Cl)c1F)c1ccc(F)c2ccccc12. The highest BCUT2D eigenvalue weighted by Gasteiger charge is 2.19. The van der Waals surface area contributed by atoms with Gasteiger partial charge < -0.3 is 5.11 Å². The molecule has 0 fully saturated rings. The van der Waals surface area contributed by atoms with Crippen molar-refractivity contribution in [2.75, 3.05) is 0 Å². The van der Waals surface area contributed by atoms with E-state index in [0.29, 0.717) is 16.3 Å². The monoisotopic (exact) mass is 304 g/mol. The van der Waals surface area contributed by atoms with Gasteiger partial charge in [0.15, 0.2) is 0 Å². The Morgan fingerprint density at radius 3 is 2.29 bits per heavy atom. The molecule has 1 atom stereocenters. The third-order valence-electron chi connectivity index (χ3n) is 3.48. The van der Waals surface area contributed by atoms with Crippen LogP contribution in [0.5, 0.6) is 0 Å². The molecular formula is C17H11ClF2O. The highest BCUT2D eigenvalue weighted by atomic mass is 35.5. The zero-order valence-corrected chi connectivity index (χ0v) is 11.6. The van der Waals surface area contributed by atoms with Gasteiger partial charge in [-0.2, -0.15) is 0 Å². The first-order chi connectivity index (χ1) is 10.1. The molecule has 1 nitrogen and oxygen atoms in total. The average molecular weight is 305 g/mol. The number of aliphatic hydroxyl groups is 1. The first-order valence-corrected chi connectivity index (χ1v) is 6.76. The summed E-state index contributed by atoms with van der Waals surface area (Å²) < 4.78 is 27.8. The number of aliphatic hydroxyl groups excluding tert-OH is 1. The van der Waals surface area contributed by atoms with Crippen LogP contribution in [-0.4, -0.2) is 5.11 Å². The minimum absolute atomic E-state index is 0.0574. The molecular weight excluding hydrogens is 294 g/mol. The first-order valence-electron chi connectivity index (χ1n) is 6.38. The zero-order chi connectivity index (χ0) is 15.0. The lowest BCUT2D eigenvalue weighted by Gasteiger charge is -2.15. The Kier molecular flexibility index (Phi) is 3.62. The van der Waals surface area contributed by atoms with Crippen LogP contribution in [0.25, 0.3) is 10.8 Å². The lowest BCUT2D eigenvalue weighted by molar-refractivity contribution is 0.216. The van der Waals surface area contributed by atoms with Gasteiger partial charge >= 0.3 is 0 Å². The zero-order valence-electron chi connectivity index (χ0n) is 10.9. The Hall–Kier alpha value is -1.97. The van der Waals surface area contributed by atoms with Gasteiger partial charge in [0.2, 0.25) is 0 Å². The fourth-order valence-electron chi connectivity index (χ4n) is 2.42. The summed E-state index contributed by atoms with van der Waals surface area (Å²) in [5, 5.41) is 11.3. The van der Waals surface area contributed by atoms with Gasteiger partial charge in [-0.1, -0.05) is 54.1 Å². The molecule has 3 rings (SSSR count). The van der Waals surface area contributed by atoms with Crippen molar-refractivity contribution in [2.24, 2.45) is 0 Å². The highest BCUT2D eigenvalue weighted by molar-refractivity contribution is 6.30. The molecule has 0 bridgehead atoms. The third-order valence-corrected chi connectivity index (χ3v) is 3.77. The van der Waals surface area contributed by atoms with E-state index in [1.807, 2.05) is 0 Å². The molecule has 0 saturated carbocycles. The number of fused-ring (bicyclic) bond motifs is 1. The number of rotatable bonds is 2. The first kappa shape index (κ1) is 14.0. The van der Waals surface area contributed by atoms with E-state index >= 15 is 0 Å². The maximum absolute atomic E-state index is 14.1. The van der Waals surface area contributed by atoms with E-state index in [-0.39, 0.29) is 16.4 Å². The van der Waals surface area contributed by atoms with Crippen molar-refractivity contribution < 1.29 is 13.9 Å². The molecule has 1 N–H and O–H groups in total. The molecule has 3 aromatic rings. The molecule has 0 aliphatic heterocycles. The summed E-state index contributed by atoms with van der Waals surface area (Å²) in [4.78, 5) is 0. The Morgan fingerprint density at radius 2 is 1.52 bits per heavy atom. The minimum Gasteiger partial charge on any atom is -0.384 e. The number of halogens is 3. The summed E-state index contributed by atoms with van der Waals surface area (Å²) in [6.45, 7) is 0.